The van der Waals surface area contributed by atoms with Gasteiger partial charge in [-0.15, -0.1) is 0 Å². The number of hydrogen-bond donors (Lipinski definition) is 0. The first-order chi connectivity index (χ1) is 10.3. The van der Waals surface area contributed by atoms with Crippen molar-refractivity contribution in [3.05, 3.63) is 0 Å². The zero-order chi connectivity index (χ0) is 15.2. The fourth-order valence-electron chi connectivity index (χ4n) is 3.99. The van der Waals surface area contributed by atoms with Crippen LogP contribution >= 0.6 is 0 Å². The lowest BCUT2D eigenvalue weighted by molar-refractivity contribution is -0.917. The molecule has 0 bridgehead atoms. The third-order valence-corrected chi connectivity index (χ3v) is 5.49. The smallest absolute Gasteiger partial charge is 0.0788 e. The molecule has 0 saturated carbocycles. The minimum Gasteiger partial charge on any atom is -0.324 e. The second-order valence-corrected chi connectivity index (χ2v) is 7.48. The molecule has 0 aromatic carbocycles. The van der Waals surface area contributed by atoms with Crippen LogP contribution in [-0.2, 0) is 0 Å². The van der Waals surface area contributed by atoms with Gasteiger partial charge in [0.15, 0.2) is 0 Å². The van der Waals surface area contributed by atoms with Crippen LogP contribution in [0.4, 0.5) is 0 Å². The molecule has 1 rings (SSSR count). The molecule has 0 N–H and O–H groups in total. The molecular formula is C20H42N+. The molecule has 21 heavy (non-hydrogen) atoms. The summed E-state index contributed by atoms with van der Waals surface area (Å²) in [5.41, 5.74) is 0. The van der Waals surface area contributed by atoms with Gasteiger partial charge in [0.2, 0.25) is 0 Å². The highest BCUT2D eigenvalue weighted by atomic mass is 15.4. The van der Waals surface area contributed by atoms with Crippen molar-refractivity contribution in [1.29, 1.82) is 0 Å². The SMILES string of the molecule is CCCCCCCCCCCC[N+]1(CCCC)CCCC1. The van der Waals surface area contributed by atoms with E-state index in [1.165, 1.54) is 121 Å². The van der Waals surface area contributed by atoms with Gasteiger partial charge < -0.3 is 4.48 Å². The van der Waals surface area contributed by atoms with E-state index >= 15 is 0 Å². The van der Waals surface area contributed by atoms with Crippen LogP contribution in [0.3, 0.4) is 0 Å². The lowest BCUT2D eigenvalue weighted by Crippen LogP contribution is -2.46. The van der Waals surface area contributed by atoms with Crippen molar-refractivity contribution in [2.24, 2.45) is 0 Å². The van der Waals surface area contributed by atoms with Crippen LogP contribution < -0.4 is 0 Å². The number of rotatable bonds is 14. The van der Waals surface area contributed by atoms with Crippen LogP contribution in [0.15, 0.2) is 0 Å². The Morgan fingerprint density at radius 2 is 0.952 bits per heavy atom. The number of nitrogens with zero attached hydrogens (tertiary/aromatic N) is 1. The van der Waals surface area contributed by atoms with Crippen molar-refractivity contribution < 1.29 is 4.48 Å². The topological polar surface area (TPSA) is 0 Å². The zero-order valence-electron chi connectivity index (χ0n) is 15.2. The normalized spacial score (nSPS) is 17.4. The van der Waals surface area contributed by atoms with E-state index in [9.17, 15) is 0 Å². The molecule has 0 amide bonds. The molecule has 1 fully saturated rings. The summed E-state index contributed by atoms with van der Waals surface area (Å²) in [6, 6.07) is 0. The third-order valence-electron chi connectivity index (χ3n) is 5.49. The Kier molecular flexibility index (Phi) is 11.3. The van der Waals surface area contributed by atoms with Gasteiger partial charge in [-0.25, -0.2) is 0 Å². The summed E-state index contributed by atoms with van der Waals surface area (Å²) in [4.78, 5) is 0. The van der Waals surface area contributed by atoms with Gasteiger partial charge in [0, 0.05) is 12.8 Å². The molecule has 1 heteroatoms. The summed E-state index contributed by atoms with van der Waals surface area (Å²) in [7, 11) is 0. The predicted octanol–water partition coefficient (Wildman–Crippen LogP) is 6.32. The Morgan fingerprint density at radius 3 is 1.48 bits per heavy atom. The quantitative estimate of drug-likeness (QED) is 0.260. The van der Waals surface area contributed by atoms with E-state index in [4.69, 9.17) is 0 Å². The molecule has 0 unspecified atom stereocenters. The van der Waals surface area contributed by atoms with Gasteiger partial charge >= 0.3 is 0 Å². The molecule has 1 aliphatic heterocycles. The van der Waals surface area contributed by atoms with Crippen LogP contribution in [0.5, 0.6) is 0 Å². The van der Waals surface area contributed by atoms with Gasteiger partial charge in [0.05, 0.1) is 26.2 Å². The van der Waals surface area contributed by atoms with Crippen LogP contribution in [0.25, 0.3) is 0 Å². The van der Waals surface area contributed by atoms with Crippen LogP contribution in [0.2, 0.25) is 0 Å². The summed E-state index contributed by atoms with van der Waals surface area (Å²) in [5, 5.41) is 0. The third kappa shape index (κ3) is 8.86. The predicted molar refractivity (Wildman–Crippen MR) is 95.7 cm³/mol. The highest BCUT2D eigenvalue weighted by molar-refractivity contribution is 4.56. The Bertz CT molecular complexity index is 218. The van der Waals surface area contributed by atoms with Crippen molar-refractivity contribution in [3.63, 3.8) is 0 Å². The number of likely N-dealkylation sites (tertiary alicyclic amines) is 1. The van der Waals surface area contributed by atoms with Gasteiger partial charge in [-0.05, 0) is 19.3 Å². The summed E-state index contributed by atoms with van der Waals surface area (Å²) in [6.45, 7) is 10.6. The Labute approximate surface area is 135 Å². The number of unbranched alkanes of at least 4 members (excludes halogenated alkanes) is 10. The second-order valence-electron chi connectivity index (χ2n) is 7.48. The molecule has 0 radical (unpaired) electrons. The molecule has 0 spiro atoms. The van der Waals surface area contributed by atoms with Gasteiger partial charge in [-0.3, -0.25) is 0 Å². The molecule has 1 aliphatic rings. The Balaban J connectivity index is 1.94. The summed E-state index contributed by atoms with van der Waals surface area (Å²) in [5.74, 6) is 0. The maximum absolute atomic E-state index is 2.34. The van der Waals surface area contributed by atoms with Crippen LogP contribution in [0, 0.1) is 0 Å². The maximum atomic E-state index is 2.34. The van der Waals surface area contributed by atoms with E-state index in [0.29, 0.717) is 0 Å². The van der Waals surface area contributed by atoms with Crippen molar-refractivity contribution >= 4 is 0 Å². The molecule has 0 aromatic rings. The lowest BCUT2D eigenvalue weighted by atomic mass is 10.1. The molecule has 0 aromatic heterocycles. The minimum atomic E-state index is 1.37. The summed E-state index contributed by atoms with van der Waals surface area (Å²) >= 11 is 0. The molecule has 1 heterocycles. The summed E-state index contributed by atoms with van der Waals surface area (Å²) in [6.07, 6.45) is 20.5. The van der Waals surface area contributed by atoms with Crippen LogP contribution in [0.1, 0.15) is 104 Å². The van der Waals surface area contributed by atoms with Crippen molar-refractivity contribution in [2.45, 2.75) is 104 Å². The van der Waals surface area contributed by atoms with Crippen LogP contribution in [-0.4, -0.2) is 30.7 Å². The first kappa shape index (κ1) is 19.0. The van der Waals surface area contributed by atoms with E-state index < -0.39 is 0 Å². The van der Waals surface area contributed by atoms with E-state index in [-0.39, 0.29) is 0 Å². The largest absolute Gasteiger partial charge is 0.324 e. The van der Waals surface area contributed by atoms with Gasteiger partial charge in [0.1, 0.15) is 0 Å². The first-order valence-electron chi connectivity index (χ1n) is 10.2. The molecule has 0 atom stereocenters. The van der Waals surface area contributed by atoms with Gasteiger partial charge in [-0.1, -0.05) is 71.6 Å². The number of quaternary nitrogens is 1. The average molecular weight is 297 g/mol. The molecule has 126 valence electrons. The van der Waals surface area contributed by atoms with E-state index in [1.807, 2.05) is 0 Å². The molecule has 0 aliphatic carbocycles. The minimum absolute atomic E-state index is 1.37. The first-order valence-corrected chi connectivity index (χ1v) is 10.2. The molecular weight excluding hydrogens is 254 g/mol. The molecule has 1 saturated heterocycles. The fourth-order valence-corrected chi connectivity index (χ4v) is 3.99. The Hall–Kier alpha value is -0.0400. The van der Waals surface area contributed by atoms with E-state index in [2.05, 4.69) is 13.8 Å². The van der Waals surface area contributed by atoms with Gasteiger partial charge in [0.25, 0.3) is 0 Å². The van der Waals surface area contributed by atoms with Crippen molar-refractivity contribution in [1.82, 2.24) is 0 Å². The highest BCUT2D eigenvalue weighted by Gasteiger charge is 2.30. The Morgan fingerprint density at radius 1 is 0.524 bits per heavy atom. The van der Waals surface area contributed by atoms with Gasteiger partial charge in [-0.2, -0.15) is 0 Å². The number of hydrogen-bond acceptors (Lipinski definition) is 0. The monoisotopic (exact) mass is 296 g/mol. The van der Waals surface area contributed by atoms with E-state index in [0.717, 1.165) is 0 Å². The highest BCUT2D eigenvalue weighted by Crippen LogP contribution is 2.22. The maximum Gasteiger partial charge on any atom is 0.0788 e. The fraction of sp³-hybridized carbons (Fsp3) is 1.00. The summed E-state index contributed by atoms with van der Waals surface area (Å²) < 4.78 is 1.48. The zero-order valence-corrected chi connectivity index (χ0v) is 15.2. The second kappa shape index (κ2) is 12.5. The van der Waals surface area contributed by atoms with Crippen molar-refractivity contribution in [3.8, 4) is 0 Å². The lowest BCUT2D eigenvalue weighted by Gasteiger charge is -2.34. The van der Waals surface area contributed by atoms with E-state index in [1.54, 1.807) is 0 Å². The molecule has 1 nitrogen and oxygen atoms in total. The average Bonchev–Trinajstić information content (AvgIpc) is 2.96. The van der Waals surface area contributed by atoms with Crippen molar-refractivity contribution in [2.75, 3.05) is 26.2 Å². The standard InChI is InChI=1S/C20H42N/c1-3-5-7-8-9-10-11-12-13-14-18-21(17-6-4-2)19-15-16-20-21/h3-20H2,1-2H3/q+1.